The van der Waals surface area contributed by atoms with E-state index in [0.717, 1.165) is 37.2 Å². The van der Waals surface area contributed by atoms with Gasteiger partial charge in [0.15, 0.2) is 0 Å². The summed E-state index contributed by atoms with van der Waals surface area (Å²) in [6.07, 6.45) is 10.9. The molecule has 3 rings (SSSR count). The van der Waals surface area contributed by atoms with Crippen LogP contribution in [0.25, 0.3) is 0 Å². The van der Waals surface area contributed by atoms with E-state index in [1.807, 2.05) is 23.4 Å². The Hall–Kier alpha value is -2.17. The van der Waals surface area contributed by atoms with Crippen LogP contribution < -0.4 is 0 Å². The molecule has 0 aliphatic carbocycles. The third-order valence-electron chi connectivity index (χ3n) is 4.33. The largest absolute Gasteiger partial charge is 0.336 e. The fourth-order valence-electron chi connectivity index (χ4n) is 3.20. The SMILES string of the molecule is CCc1nccn1CCC(=O)N1CCCC1c1cccnc1. The Kier molecular flexibility index (Phi) is 4.51. The summed E-state index contributed by atoms with van der Waals surface area (Å²) in [5.74, 6) is 1.26. The van der Waals surface area contributed by atoms with Crippen LogP contribution in [-0.4, -0.2) is 31.9 Å². The Labute approximate surface area is 131 Å². The lowest BCUT2D eigenvalue weighted by Gasteiger charge is -2.25. The molecule has 22 heavy (non-hydrogen) atoms. The van der Waals surface area contributed by atoms with Crippen LogP contribution in [0.4, 0.5) is 0 Å². The average Bonchev–Trinajstić information content (AvgIpc) is 3.22. The molecule has 0 bridgehead atoms. The predicted octanol–water partition coefficient (Wildman–Crippen LogP) is 2.59. The van der Waals surface area contributed by atoms with Gasteiger partial charge in [0.2, 0.25) is 5.91 Å². The van der Waals surface area contributed by atoms with Gasteiger partial charge in [-0.15, -0.1) is 0 Å². The minimum absolute atomic E-state index is 0.189. The van der Waals surface area contributed by atoms with Crippen LogP contribution in [0, 0.1) is 0 Å². The van der Waals surface area contributed by atoms with Crippen molar-refractivity contribution in [1.82, 2.24) is 19.4 Å². The van der Waals surface area contributed by atoms with Gasteiger partial charge in [-0.1, -0.05) is 13.0 Å². The number of nitrogens with zero attached hydrogens (tertiary/aromatic N) is 4. The van der Waals surface area contributed by atoms with E-state index in [0.29, 0.717) is 13.0 Å². The molecular formula is C17H22N4O. The molecule has 0 spiro atoms. The van der Waals surface area contributed by atoms with Crippen LogP contribution in [0.5, 0.6) is 0 Å². The van der Waals surface area contributed by atoms with E-state index in [1.54, 1.807) is 12.4 Å². The molecule has 1 aliphatic heterocycles. The van der Waals surface area contributed by atoms with Gasteiger partial charge in [-0.3, -0.25) is 9.78 Å². The van der Waals surface area contributed by atoms with Crippen molar-refractivity contribution in [2.75, 3.05) is 6.54 Å². The topological polar surface area (TPSA) is 51.0 Å². The van der Waals surface area contributed by atoms with Crippen molar-refractivity contribution in [1.29, 1.82) is 0 Å². The van der Waals surface area contributed by atoms with Crippen molar-refractivity contribution in [3.8, 4) is 0 Å². The van der Waals surface area contributed by atoms with Gasteiger partial charge >= 0.3 is 0 Å². The number of carbonyl (C=O) groups excluding carboxylic acids is 1. The summed E-state index contributed by atoms with van der Waals surface area (Å²) < 4.78 is 2.08. The number of carbonyl (C=O) groups is 1. The molecule has 5 nitrogen and oxygen atoms in total. The number of hydrogen-bond acceptors (Lipinski definition) is 3. The number of aromatic nitrogens is 3. The summed E-state index contributed by atoms with van der Waals surface area (Å²) in [6.45, 7) is 3.64. The molecule has 1 aliphatic rings. The highest BCUT2D eigenvalue weighted by Crippen LogP contribution is 2.31. The zero-order valence-corrected chi connectivity index (χ0v) is 13.0. The molecule has 2 aromatic rings. The molecule has 0 saturated carbocycles. The lowest BCUT2D eigenvalue weighted by atomic mass is 10.1. The lowest BCUT2D eigenvalue weighted by molar-refractivity contribution is -0.132. The van der Waals surface area contributed by atoms with E-state index in [9.17, 15) is 4.79 Å². The van der Waals surface area contributed by atoms with E-state index in [-0.39, 0.29) is 11.9 Å². The zero-order chi connectivity index (χ0) is 15.4. The van der Waals surface area contributed by atoms with Crippen LogP contribution in [0.15, 0.2) is 36.9 Å². The van der Waals surface area contributed by atoms with Crippen molar-refractivity contribution in [2.24, 2.45) is 0 Å². The second-order valence-corrected chi connectivity index (χ2v) is 5.67. The van der Waals surface area contributed by atoms with Gasteiger partial charge in [0.05, 0.1) is 6.04 Å². The summed E-state index contributed by atoms with van der Waals surface area (Å²) in [7, 11) is 0. The van der Waals surface area contributed by atoms with E-state index in [1.165, 1.54) is 0 Å². The molecular weight excluding hydrogens is 276 g/mol. The first kappa shape index (κ1) is 14.8. The Morgan fingerprint density at radius 2 is 2.32 bits per heavy atom. The number of rotatable bonds is 5. The number of aryl methyl sites for hydroxylation is 2. The second-order valence-electron chi connectivity index (χ2n) is 5.67. The maximum Gasteiger partial charge on any atom is 0.224 e. The summed E-state index contributed by atoms with van der Waals surface area (Å²) in [4.78, 5) is 23.1. The number of amides is 1. The van der Waals surface area contributed by atoms with Gasteiger partial charge in [0.1, 0.15) is 5.82 Å². The highest BCUT2D eigenvalue weighted by molar-refractivity contribution is 5.77. The van der Waals surface area contributed by atoms with Crippen molar-refractivity contribution in [3.63, 3.8) is 0 Å². The quantitative estimate of drug-likeness (QED) is 0.852. The van der Waals surface area contributed by atoms with Crippen LogP contribution in [0.2, 0.25) is 0 Å². The summed E-state index contributed by atoms with van der Waals surface area (Å²) in [6, 6.07) is 4.19. The van der Waals surface area contributed by atoms with Gasteiger partial charge in [-0.05, 0) is 24.5 Å². The fraction of sp³-hybridized carbons (Fsp3) is 0.471. The van der Waals surface area contributed by atoms with Crippen molar-refractivity contribution in [2.45, 2.75) is 45.2 Å². The first-order chi connectivity index (χ1) is 10.8. The molecule has 2 aromatic heterocycles. The molecule has 3 heterocycles. The van der Waals surface area contributed by atoms with E-state index in [4.69, 9.17) is 0 Å². The zero-order valence-electron chi connectivity index (χ0n) is 13.0. The predicted molar refractivity (Wildman–Crippen MR) is 84.1 cm³/mol. The first-order valence-electron chi connectivity index (χ1n) is 7.99. The third-order valence-corrected chi connectivity index (χ3v) is 4.33. The minimum Gasteiger partial charge on any atom is -0.336 e. The maximum absolute atomic E-state index is 12.6. The summed E-state index contributed by atoms with van der Waals surface area (Å²) in [5.41, 5.74) is 1.14. The van der Waals surface area contributed by atoms with Crippen LogP contribution in [0.3, 0.4) is 0 Å². The molecule has 5 heteroatoms. The maximum atomic E-state index is 12.6. The van der Waals surface area contributed by atoms with Crippen LogP contribution >= 0.6 is 0 Å². The first-order valence-corrected chi connectivity index (χ1v) is 7.99. The Balaban J connectivity index is 1.64. The van der Waals surface area contributed by atoms with Crippen LogP contribution in [0.1, 0.15) is 43.6 Å². The van der Waals surface area contributed by atoms with Crippen molar-refractivity contribution < 1.29 is 4.79 Å². The van der Waals surface area contributed by atoms with Gasteiger partial charge in [-0.25, -0.2) is 4.98 Å². The molecule has 1 fully saturated rings. The van der Waals surface area contributed by atoms with Gasteiger partial charge in [0.25, 0.3) is 0 Å². The van der Waals surface area contributed by atoms with Gasteiger partial charge in [-0.2, -0.15) is 0 Å². The fourth-order valence-corrected chi connectivity index (χ4v) is 3.20. The molecule has 1 amide bonds. The Morgan fingerprint density at radius 1 is 1.41 bits per heavy atom. The number of likely N-dealkylation sites (tertiary alicyclic amines) is 1. The Morgan fingerprint density at radius 3 is 3.09 bits per heavy atom. The van der Waals surface area contributed by atoms with E-state index in [2.05, 4.69) is 27.5 Å². The number of pyridine rings is 1. The van der Waals surface area contributed by atoms with Gasteiger partial charge < -0.3 is 9.47 Å². The minimum atomic E-state index is 0.189. The molecule has 0 N–H and O–H groups in total. The third kappa shape index (κ3) is 3.03. The monoisotopic (exact) mass is 298 g/mol. The molecule has 0 aromatic carbocycles. The smallest absolute Gasteiger partial charge is 0.224 e. The summed E-state index contributed by atoms with van der Waals surface area (Å²) >= 11 is 0. The van der Waals surface area contributed by atoms with E-state index < -0.39 is 0 Å². The molecule has 0 radical (unpaired) electrons. The van der Waals surface area contributed by atoms with E-state index >= 15 is 0 Å². The lowest BCUT2D eigenvalue weighted by Crippen LogP contribution is -2.31. The second kappa shape index (κ2) is 6.73. The highest BCUT2D eigenvalue weighted by atomic mass is 16.2. The normalized spacial score (nSPS) is 17.9. The standard InChI is InChI=1S/C17H22N4O/c1-2-16-19-9-12-20(16)11-7-17(22)21-10-4-6-15(21)14-5-3-8-18-13-14/h3,5,8-9,12-13,15H,2,4,6-7,10-11H2,1H3. The molecule has 1 atom stereocenters. The van der Waals surface area contributed by atoms with Crippen LogP contribution in [-0.2, 0) is 17.8 Å². The highest BCUT2D eigenvalue weighted by Gasteiger charge is 2.29. The van der Waals surface area contributed by atoms with Crippen molar-refractivity contribution >= 4 is 5.91 Å². The Bertz CT molecular complexity index is 623. The molecule has 1 unspecified atom stereocenters. The molecule has 1 saturated heterocycles. The summed E-state index contributed by atoms with van der Waals surface area (Å²) in [5, 5.41) is 0. The number of hydrogen-bond donors (Lipinski definition) is 0. The average molecular weight is 298 g/mol. The number of imidazole rings is 1. The van der Waals surface area contributed by atoms with Crippen molar-refractivity contribution in [3.05, 3.63) is 48.3 Å². The van der Waals surface area contributed by atoms with Gasteiger partial charge in [0, 0.05) is 50.7 Å². The molecule has 116 valence electrons.